The number of H-pyrrole nitrogens is 1. The summed E-state index contributed by atoms with van der Waals surface area (Å²) >= 11 is 0. The molecule has 0 aliphatic heterocycles. The van der Waals surface area contributed by atoms with Gasteiger partial charge in [0.05, 0.1) is 6.20 Å². The van der Waals surface area contributed by atoms with E-state index in [2.05, 4.69) is 25.5 Å². The van der Waals surface area contributed by atoms with E-state index < -0.39 is 0 Å². The van der Waals surface area contributed by atoms with Crippen LogP contribution in [0.25, 0.3) is 11.0 Å². The summed E-state index contributed by atoms with van der Waals surface area (Å²) < 4.78 is 5.57. The predicted molar refractivity (Wildman–Crippen MR) is 66.2 cm³/mol. The van der Waals surface area contributed by atoms with Crippen molar-refractivity contribution < 1.29 is 4.74 Å². The monoisotopic (exact) mass is 233 g/mol. The first-order chi connectivity index (χ1) is 8.35. The topological polar surface area (TPSA) is 75.7 Å². The van der Waals surface area contributed by atoms with Crippen molar-refractivity contribution in [2.75, 3.05) is 18.5 Å². The average Bonchev–Trinajstić information content (AvgIpc) is 2.78. The smallest absolute Gasteiger partial charge is 0.229 e. The number of hydrogen-bond acceptors (Lipinski definition) is 5. The number of aromatic amines is 1. The fraction of sp³-hybridized carbons (Fsp3) is 0.364. The number of anilines is 1. The molecule has 0 amide bonds. The minimum atomic E-state index is 0.485. The average molecular weight is 233 g/mol. The number of nitrogens with zero attached hydrogens (tertiary/aromatic N) is 3. The van der Waals surface area contributed by atoms with Crippen LogP contribution < -0.4 is 10.1 Å². The minimum Gasteiger partial charge on any atom is -0.473 e. The lowest BCUT2D eigenvalue weighted by Crippen LogP contribution is -2.05. The van der Waals surface area contributed by atoms with E-state index in [0.29, 0.717) is 24.1 Å². The Bertz CT molecular complexity index is 520. The van der Waals surface area contributed by atoms with Gasteiger partial charge in [0.1, 0.15) is 12.0 Å². The molecule has 0 radical (unpaired) electrons. The number of nitrogens with one attached hydrogen (secondary N) is 2. The molecule has 2 heterocycles. The number of fused-ring (bicyclic) bond motifs is 1. The third-order valence-electron chi connectivity index (χ3n) is 2.16. The lowest BCUT2D eigenvalue weighted by atomic mass is 10.4. The van der Waals surface area contributed by atoms with Crippen molar-refractivity contribution in [2.24, 2.45) is 0 Å². The fourth-order valence-electron chi connectivity index (χ4n) is 1.38. The van der Waals surface area contributed by atoms with E-state index >= 15 is 0 Å². The molecule has 0 fully saturated rings. The Labute approximate surface area is 99.1 Å². The molecule has 17 heavy (non-hydrogen) atoms. The number of allylic oxidation sites excluding steroid dienone is 1. The van der Waals surface area contributed by atoms with Crippen LogP contribution in [0, 0.1) is 0 Å². The first kappa shape index (κ1) is 11.4. The second kappa shape index (κ2) is 5.29. The number of rotatable bonds is 5. The van der Waals surface area contributed by atoms with Gasteiger partial charge in [0.25, 0.3) is 0 Å². The summed E-state index contributed by atoms with van der Waals surface area (Å²) in [5.74, 6) is 1.08. The Hall–Kier alpha value is -2.11. The lowest BCUT2D eigenvalue weighted by molar-refractivity contribution is 0.353. The maximum Gasteiger partial charge on any atom is 0.229 e. The molecule has 6 heteroatoms. The molecule has 2 N–H and O–H groups in total. The first-order valence-electron chi connectivity index (χ1n) is 5.54. The van der Waals surface area contributed by atoms with Crippen molar-refractivity contribution in [2.45, 2.75) is 13.8 Å². The van der Waals surface area contributed by atoms with Gasteiger partial charge in [-0.2, -0.15) is 15.1 Å². The van der Waals surface area contributed by atoms with E-state index in [4.69, 9.17) is 4.74 Å². The Morgan fingerprint density at radius 1 is 1.47 bits per heavy atom. The zero-order valence-electron chi connectivity index (χ0n) is 9.90. The van der Waals surface area contributed by atoms with Crippen LogP contribution in [0.5, 0.6) is 5.88 Å². The maximum absolute atomic E-state index is 5.57. The van der Waals surface area contributed by atoms with Crippen LogP contribution in [-0.4, -0.2) is 33.3 Å². The SMILES string of the molecule is C/C=C/COc1nc(NCC)nc2[nH]ncc12. The Morgan fingerprint density at radius 3 is 3.12 bits per heavy atom. The Kier molecular flexibility index (Phi) is 3.54. The standard InChI is InChI=1S/C11H15N5O/c1-3-5-6-17-10-8-7-13-16-9(8)14-11(15-10)12-4-2/h3,5,7H,4,6H2,1-2H3,(H2,12,13,14,15,16)/b5-3+. The van der Waals surface area contributed by atoms with Crippen LogP contribution in [0.15, 0.2) is 18.3 Å². The molecule has 0 aromatic carbocycles. The quantitative estimate of drug-likeness (QED) is 0.769. The van der Waals surface area contributed by atoms with Crippen LogP contribution in [0.1, 0.15) is 13.8 Å². The summed E-state index contributed by atoms with van der Waals surface area (Å²) in [6.07, 6.45) is 5.51. The molecule has 0 aliphatic rings. The van der Waals surface area contributed by atoms with E-state index in [1.807, 2.05) is 26.0 Å². The maximum atomic E-state index is 5.57. The van der Waals surface area contributed by atoms with Crippen molar-refractivity contribution in [3.05, 3.63) is 18.3 Å². The van der Waals surface area contributed by atoms with Crippen LogP contribution >= 0.6 is 0 Å². The van der Waals surface area contributed by atoms with Crippen molar-refractivity contribution in [1.29, 1.82) is 0 Å². The van der Waals surface area contributed by atoms with Crippen LogP contribution in [0.3, 0.4) is 0 Å². The number of ether oxygens (including phenoxy) is 1. The van der Waals surface area contributed by atoms with E-state index in [9.17, 15) is 0 Å². The van der Waals surface area contributed by atoms with Gasteiger partial charge in [-0.3, -0.25) is 5.10 Å². The van der Waals surface area contributed by atoms with Gasteiger partial charge in [-0.25, -0.2) is 0 Å². The van der Waals surface area contributed by atoms with Gasteiger partial charge < -0.3 is 10.1 Å². The number of aromatic nitrogens is 4. The molecule has 0 unspecified atom stereocenters. The van der Waals surface area contributed by atoms with Gasteiger partial charge >= 0.3 is 0 Å². The molecule has 0 atom stereocenters. The summed E-state index contributed by atoms with van der Waals surface area (Å²) in [5, 5.41) is 10.6. The largest absolute Gasteiger partial charge is 0.473 e. The molecule has 0 saturated heterocycles. The predicted octanol–water partition coefficient (Wildman–Crippen LogP) is 1.74. The van der Waals surface area contributed by atoms with Gasteiger partial charge in [0.2, 0.25) is 11.8 Å². The van der Waals surface area contributed by atoms with Gasteiger partial charge in [0.15, 0.2) is 5.65 Å². The zero-order chi connectivity index (χ0) is 12.1. The van der Waals surface area contributed by atoms with Gasteiger partial charge in [-0.05, 0) is 13.8 Å². The van der Waals surface area contributed by atoms with E-state index in [-0.39, 0.29) is 0 Å². The first-order valence-corrected chi connectivity index (χ1v) is 5.54. The van der Waals surface area contributed by atoms with Gasteiger partial charge in [-0.15, -0.1) is 0 Å². The van der Waals surface area contributed by atoms with Crippen molar-refractivity contribution in [1.82, 2.24) is 20.2 Å². The van der Waals surface area contributed by atoms with E-state index in [1.165, 1.54) is 0 Å². The summed E-state index contributed by atoms with van der Waals surface area (Å²) in [5.41, 5.74) is 0.673. The van der Waals surface area contributed by atoms with Crippen molar-refractivity contribution in [3.63, 3.8) is 0 Å². The molecule has 0 bridgehead atoms. The van der Waals surface area contributed by atoms with Crippen LogP contribution in [-0.2, 0) is 0 Å². The molecule has 0 spiro atoms. The number of hydrogen-bond donors (Lipinski definition) is 2. The summed E-state index contributed by atoms with van der Waals surface area (Å²) in [6.45, 7) is 5.18. The van der Waals surface area contributed by atoms with Crippen molar-refractivity contribution in [3.8, 4) is 5.88 Å². The molecule has 2 rings (SSSR count). The summed E-state index contributed by atoms with van der Waals surface area (Å²) in [4.78, 5) is 8.57. The molecule has 2 aromatic rings. The molecule has 0 aliphatic carbocycles. The minimum absolute atomic E-state index is 0.485. The molecule has 6 nitrogen and oxygen atoms in total. The molecule has 2 aromatic heterocycles. The third kappa shape index (κ3) is 2.52. The highest BCUT2D eigenvalue weighted by atomic mass is 16.5. The highest BCUT2D eigenvalue weighted by molar-refractivity contribution is 5.80. The molecular formula is C11H15N5O. The molecular weight excluding hydrogens is 218 g/mol. The summed E-state index contributed by atoms with van der Waals surface area (Å²) in [7, 11) is 0. The third-order valence-corrected chi connectivity index (χ3v) is 2.16. The second-order valence-corrected chi connectivity index (χ2v) is 3.40. The second-order valence-electron chi connectivity index (χ2n) is 3.40. The normalized spacial score (nSPS) is 11.2. The molecule has 90 valence electrons. The summed E-state index contributed by atoms with van der Waals surface area (Å²) in [6, 6.07) is 0. The Morgan fingerprint density at radius 2 is 2.35 bits per heavy atom. The molecule has 0 saturated carbocycles. The van der Waals surface area contributed by atoms with E-state index in [0.717, 1.165) is 11.9 Å². The highest BCUT2D eigenvalue weighted by Crippen LogP contribution is 2.21. The van der Waals surface area contributed by atoms with Gasteiger partial charge in [0, 0.05) is 6.54 Å². The van der Waals surface area contributed by atoms with Crippen molar-refractivity contribution >= 4 is 17.0 Å². The van der Waals surface area contributed by atoms with Crippen LogP contribution in [0.2, 0.25) is 0 Å². The highest BCUT2D eigenvalue weighted by Gasteiger charge is 2.09. The zero-order valence-corrected chi connectivity index (χ0v) is 9.90. The van der Waals surface area contributed by atoms with Crippen LogP contribution in [0.4, 0.5) is 5.95 Å². The Balaban J connectivity index is 2.32. The van der Waals surface area contributed by atoms with E-state index in [1.54, 1.807) is 6.20 Å². The fourth-order valence-corrected chi connectivity index (χ4v) is 1.38. The lowest BCUT2D eigenvalue weighted by Gasteiger charge is -2.06. The van der Waals surface area contributed by atoms with Gasteiger partial charge in [-0.1, -0.05) is 12.2 Å².